The van der Waals surface area contributed by atoms with Crippen LogP contribution in [0.5, 0.6) is 0 Å². The SMILES string of the molecule is CC(CO)CCCNC(=O)CCc1ccncc1. The van der Waals surface area contributed by atoms with Crippen molar-refractivity contribution >= 4 is 5.91 Å². The van der Waals surface area contributed by atoms with Crippen molar-refractivity contribution < 1.29 is 9.90 Å². The number of aliphatic hydroxyl groups is 1. The van der Waals surface area contributed by atoms with Crippen LogP contribution >= 0.6 is 0 Å². The molecule has 0 fully saturated rings. The van der Waals surface area contributed by atoms with Gasteiger partial charge in [-0.3, -0.25) is 9.78 Å². The van der Waals surface area contributed by atoms with Crippen molar-refractivity contribution in [1.82, 2.24) is 10.3 Å². The number of aryl methyl sites for hydroxylation is 1. The van der Waals surface area contributed by atoms with Gasteiger partial charge in [-0.15, -0.1) is 0 Å². The molecule has 0 spiro atoms. The van der Waals surface area contributed by atoms with E-state index in [1.165, 1.54) is 0 Å². The second kappa shape index (κ2) is 8.64. The summed E-state index contributed by atoms with van der Waals surface area (Å²) in [5.41, 5.74) is 1.13. The largest absolute Gasteiger partial charge is 0.396 e. The average molecular weight is 250 g/mol. The van der Waals surface area contributed by atoms with Crippen molar-refractivity contribution in [1.29, 1.82) is 0 Å². The molecule has 0 saturated carbocycles. The molecule has 0 radical (unpaired) electrons. The Morgan fingerprint density at radius 1 is 1.44 bits per heavy atom. The van der Waals surface area contributed by atoms with Gasteiger partial charge in [0.15, 0.2) is 0 Å². The third kappa shape index (κ3) is 6.35. The number of nitrogens with one attached hydrogen (secondary N) is 1. The van der Waals surface area contributed by atoms with Gasteiger partial charge >= 0.3 is 0 Å². The van der Waals surface area contributed by atoms with Crippen LogP contribution in [0.3, 0.4) is 0 Å². The fraction of sp³-hybridized carbons (Fsp3) is 0.571. The molecule has 0 aliphatic heterocycles. The predicted octanol–water partition coefficient (Wildman–Crippen LogP) is 1.54. The molecule has 2 N–H and O–H groups in total. The Balaban J connectivity index is 2.07. The monoisotopic (exact) mass is 250 g/mol. The van der Waals surface area contributed by atoms with E-state index in [2.05, 4.69) is 10.3 Å². The van der Waals surface area contributed by atoms with Gasteiger partial charge < -0.3 is 10.4 Å². The second-order valence-corrected chi connectivity index (χ2v) is 4.64. The molecule has 4 nitrogen and oxygen atoms in total. The van der Waals surface area contributed by atoms with Gasteiger partial charge in [-0.05, 0) is 42.9 Å². The van der Waals surface area contributed by atoms with E-state index >= 15 is 0 Å². The van der Waals surface area contributed by atoms with Crippen LogP contribution in [-0.2, 0) is 11.2 Å². The number of hydrogen-bond donors (Lipinski definition) is 2. The first-order chi connectivity index (χ1) is 8.72. The zero-order valence-electron chi connectivity index (χ0n) is 10.9. The van der Waals surface area contributed by atoms with Crippen LogP contribution in [0, 0.1) is 5.92 Å². The molecule has 1 aromatic heterocycles. The van der Waals surface area contributed by atoms with E-state index in [9.17, 15) is 4.79 Å². The Kier molecular flexibility index (Phi) is 7.03. The first-order valence-corrected chi connectivity index (χ1v) is 6.49. The first-order valence-electron chi connectivity index (χ1n) is 6.49. The number of carbonyl (C=O) groups is 1. The molecule has 1 amide bonds. The molecule has 0 aliphatic rings. The number of amides is 1. The van der Waals surface area contributed by atoms with Gasteiger partial charge in [0.1, 0.15) is 0 Å². The van der Waals surface area contributed by atoms with E-state index in [1.54, 1.807) is 12.4 Å². The molecule has 0 aliphatic carbocycles. The molecule has 18 heavy (non-hydrogen) atoms. The van der Waals surface area contributed by atoms with Crippen molar-refractivity contribution in [3.63, 3.8) is 0 Å². The lowest BCUT2D eigenvalue weighted by Crippen LogP contribution is -2.25. The maximum absolute atomic E-state index is 11.6. The van der Waals surface area contributed by atoms with Gasteiger partial charge in [0.25, 0.3) is 0 Å². The van der Waals surface area contributed by atoms with E-state index in [4.69, 9.17) is 5.11 Å². The Morgan fingerprint density at radius 2 is 2.17 bits per heavy atom. The number of aliphatic hydroxyl groups excluding tert-OH is 1. The maximum atomic E-state index is 11.6. The molecule has 1 atom stereocenters. The van der Waals surface area contributed by atoms with Crippen molar-refractivity contribution in [3.8, 4) is 0 Å². The highest BCUT2D eigenvalue weighted by Gasteiger charge is 2.03. The normalized spacial score (nSPS) is 12.1. The molecule has 1 aromatic rings. The fourth-order valence-electron chi connectivity index (χ4n) is 1.67. The van der Waals surface area contributed by atoms with Gasteiger partial charge in [0.2, 0.25) is 5.91 Å². The molecular formula is C14H22N2O2. The van der Waals surface area contributed by atoms with Gasteiger partial charge in [-0.2, -0.15) is 0 Å². The summed E-state index contributed by atoms with van der Waals surface area (Å²) in [5, 5.41) is 11.8. The van der Waals surface area contributed by atoms with Crippen molar-refractivity contribution in [2.45, 2.75) is 32.6 Å². The lowest BCUT2D eigenvalue weighted by molar-refractivity contribution is -0.121. The van der Waals surface area contributed by atoms with Crippen LogP contribution in [0.25, 0.3) is 0 Å². The van der Waals surface area contributed by atoms with E-state index in [1.807, 2.05) is 19.1 Å². The number of aromatic nitrogens is 1. The van der Waals surface area contributed by atoms with E-state index in [0.29, 0.717) is 18.9 Å². The molecular weight excluding hydrogens is 228 g/mol. The van der Waals surface area contributed by atoms with E-state index in [0.717, 1.165) is 24.8 Å². The van der Waals surface area contributed by atoms with Crippen LogP contribution in [0.15, 0.2) is 24.5 Å². The molecule has 1 unspecified atom stereocenters. The zero-order valence-corrected chi connectivity index (χ0v) is 10.9. The standard InChI is InChI=1S/C14H22N2O2/c1-12(11-17)3-2-8-16-14(18)5-4-13-6-9-15-10-7-13/h6-7,9-10,12,17H,2-5,8,11H2,1H3,(H,16,18). The Morgan fingerprint density at radius 3 is 2.83 bits per heavy atom. The maximum Gasteiger partial charge on any atom is 0.220 e. The smallest absolute Gasteiger partial charge is 0.220 e. The summed E-state index contributed by atoms with van der Waals surface area (Å²) < 4.78 is 0. The quantitative estimate of drug-likeness (QED) is 0.688. The summed E-state index contributed by atoms with van der Waals surface area (Å²) in [4.78, 5) is 15.5. The van der Waals surface area contributed by atoms with Gasteiger partial charge in [0, 0.05) is 32.0 Å². The second-order valence-electron chi connectivity index (χ2n) is 4.64. The third-order valence-electron chi connectivity index (χ3n) is 2.90. The van der Waals surface area contributed by atoms with Gasteiger partial charge in [-0.25, -0.2) is 0 Å². The average Bonchev–Trinajstić information content (AvgIpc) is 2.42. The Hall–Kier alpha value is -1.42. The van der Waals surface area contributed by atoms with Crippen molar-refractivity contribution in [3.05, 3.63) is 30.1 Å². The number of pyridine rings is 1. The lowest BCUT2D eigenvalue weighted by Gasteiger charge is -2.08. The summed E-state index contributed by atoms with van der Waals surface area (Å²) in [6.45, 7) is 2.92. The van der Waals surface area contributed by atoms with Crippen molar-refractivity contribution in [2.75, 3.05) is 13.2 Å². The summed E-state index contributed by atoms with van der Waals surface area (Å²) in [6, 6.07) is 3.85. The van der Waals surface area contributed by atoms with Crippen LogP contribution < -0.4 is 5.32 Å². The minimum atomic E-state index is 0.0865. The number of rotatable bonds is 8. The summed E-state index contributed by atoms with van der Waals surface area (Å²) in [5.74, 6) is 0.405. The number of hydrogen-bond acceptors (Lipinski definition) is 3. The minimum absolute atomic E-state index is 0.0865. The number of nitrogens with zero attached hydrogens (tertiary/aromatic N) is 1. The molecule has 1 heterocycles. The summed E-state index contributed by atoms with van der Waals surface area (Å²) >= 11 is 0. The van der Waals surface area contributed by atoms with Crippen molar-refractivity contribution in [2.24, 2.45) is 5.92 Å². The molecule has 1 rings (SSSR count). The highest BCUT2D eigenvalue weighted by molar-refractivity contribution is 5.76. The first kappa shape index (κ1) is 14.6. The highest BCUT2D eigenvalue weighted by Crippen LogP contribution is 2.03. The molecule has 0 aromatic carbocycles. The lowest BCUT2D eigenvalue weighted by atomic mass is 10.1. The molecule has 4 heteroatoms. The summed E-state index contributed by atoms with van der Waals surface area (Å²) in [6.07, 6.45) is 6.61. The molecule has 100 valence electrons. The summed E-state index contributed by atoms with van der Waals surface area (Å²) in [7, 11) is 0. The minimum Gasteiger partial charge on any atom is -0.396 e. The van der Waals surface area contributed by atoms with E-state index < -0.39 is 0 Å². The van der Waals surface area contributed by atoms with Crippen LogP contribution in [0.4, 0.5) is 0 Å². The third-order valence-corrected chi connectivity index (χ3v) is 2.90. The number of carbonyl (C=O) groups excluding carboxylic acids is 1. The van der Waals surface area contributed by atoms with Crippen LogP contribution in [0.1, 0.15) is 31.7 Å². The van der Waals surface area contributed by atoms with Crippen LogP contribution in [0.2, 0.25) is 0 Å². The van der Waals surface area contributed by atoms with Gasteiger partial charge in [-0.1, -0.05) is 6.92 Å². The van der Waals surface area contributed by atoms with Gasteiger partial charge in [0.05, 0.1) is 0 Å². The topological polar surface area (TPSA) is 62.2 Å². The molecule has 0 saturated heterocycles. The fourth-order valence-corrected chi connectivity index (χ4v) is 1.67. The molecule has 0 bridgehead atoms. The highest BCUT2D eigenvalue weighted by atomic mass is 16.3. The van der Waals surface area contributed by atoms with E-state index in [-0.39, 0.29) is 12.5 Å². The Labute approximate surface area is 108 Å². The Bertz CT molecular complexity index is 341. The predicted molar refractivity (Wildman–Crippen MR) is 71.1 cm³/mol. The van der Waals surface area contributed by atoms with Crippen LogP contribution in [-0.4, -0.2) is 29.1 Å². The zero-order chi connectivity index (χ0) is 13.2.